The maximum atomic E-state index is 13.9. The number of hydrogen-bond acceptors (Lipinski definition) is 3. The lowest BCUT2D eigenvalue weighted by molar-refractivity contribution is -0.00529. The van der Waals surface area contributed by atoms with Gasteiger partial charge in [-0.1, -0.05) is 6.07 Å². The Hall–Kier alpha value is -1.13. The number of ether oxygens (including phenoxy) is 1. The summed E-state index contributed by atoms with van der Waals surface area (Å²) in [5.74, 6) is -0.228. The second kappa shape index (κ2) is 5.24. The zero-order valence-electron chi connectivity index (χ0n) is 11.2. The first-order valence-corrected chi connectivity index (χ1v) is 6.43. The van der Waals surface area contributed by atoms with E-state index in [1.807, 2.05) is 26.8 Å². The Morgan fingerprint density at radius 3 is 2.50 bits per heavy atom. The summed E-state index contributed by atoms with van der Waals surface area (Å²) in [6, 6.07) is 4.83. The molecule has 18 heavy (non-hydrogen) atoms. The van der Waals surface area contributed by atoms with E-state index in [0.717, 1.165) is 18.8 Å². The third-order valence-corrected chi connectivity index (χ3v) is 3.25. The van der Waals surface area contributed by atoms with Gasteiger partial charge >= 0.3 is 0 Å². The van der Waals surface area contributed by atoms with Gasteiger partial charge < -0.3 is 15.4 Å². The molecule has 2 rings (SSSR count). The Bertz CT molecular complexity index is 412. The number of anilines is 1. The van der Waals surface area contributed by atoms with Crippen LogP contribution in [0.15, 0.2) is 18.2 Å². The topological polar surface area (TPSA) is 38.5 Å². The standard InChI is InChI=1S/C14H21FN2O/c1-9-7-17(8-10(2)18-9)13-6-4-5-12(15)14(13)11(3)16/h4-6,9-11H,7-8,16H2,1-3H3/t9?,10?,11-/m1/s1. The molecule has 0 radical (unpaired) electrons. The van der Waals surface area contributed by atoms with Crippen LogP contribution >= 0.6 is 0 Å². The number of nitrogens with two attached hydrogens (primary N) is 1. The largest absolute Gasteiger partial charge is 0.372 e. The highest BCUT2D eigenvalue weighted by Gasteiger charge is 2.25. The van der Waals surface area contributed by atoms with Gasteiger partial charge in [-0.2, -0.15) is 0 Å². The molecule has 3 nitrogen and oxygen atoms in total. The van der Waals surface area contributed by atoms with Crippen LogP contribution in [0.3, 0.4) is 0 Å². The van der Waals surface area contributed by atoms with Crippen LogP contribution in [0.25, 0.3) is 0 Å². The first-order chi connectivity index (χ1) is 8.49. The van der Waals surface area contributed by atoms with Crippen molar-refractivity contribution in [3.63, 3.8) is 0 Å². The number of morpholine rings is 1. The van der Waals surface area contributed by atoms with E-state index < -0.39 is 0 Å². The molecule has 0 saturated carbocycles. The second-order valence-electron chi connectivity index (χ2n) is 5.12. The lowest BCUT2D eigenvalue weighted by atomic mass is 10.0. The van der Waals surface area contributed by atoms with Crippen LogP contribution in [-0.4, -0.2) is 25.3 Å². The fourth-order valence-electron chi connectivity index (χ4n) is 2.63. The Kier molecular flexibility index (Phi) is 3.88. The van der Waals surface area contributed by atoms with Gasteiger partial charge in [0.05, 0.1) is 12.2 Å². The number of rotatable bonds is 2. The van der Waals surface area contributed by atoms with Crippen molar-refractivity contribution in [2.45, 2.75) is 39.0 Å². The average molecular weight is 252 g/mol. The third kappa shape index (κ3) is 2.65. The first kappa shape index (κ1) is 13.3. The number of nitrogens with zero attached hydrogens (tertiary/aromatic N) is 1. The summed E-state index contributed by atoms with van der Waals surface area (Å²) in [6.45, 7) is 7.43. The Morgan fingerprint density at radius 2 is 1.94 bits per heavy atom. The third-order valence-electron chi connectivity index (χ3n) is 3.25. The Morgan fingerprint density at radius 1 is 1.33 bits per heavy atom. The average Bonchev–Trinajstić information content (AvgIpc) is 2.26. The van der Waals surface area contributed by atoms with E-state index in [9.17, 15) is 4.39 Å². The maximum Gasteiger partial charge on any atom is 0.130 e. The van der Waals surface area contributed by atoms with Crippen LogP contribution in [0.4, 0.5) is 10.1 Å². The maximum absolute atomic E-state index is 13.9. The van der Waals surface area contributed by atoms with Crippen molar-refractivity contribution in [2.24, 2.45) is 5.73 Å². The molecule has 2 N–H and O–H groups in total. The van der Waals surface area contributed by atoms with E-state index in [4.69, 9.17) is 10.5 Å². The fourth-order valence-corrected chi connectivity index (χ4v) is 2.63. The van der Waals surface area contributed by atoms with E-state index in [2.05, 4.69) is 4.90 Å². The van der Waals surface area contributed by atoms with Crippen LogP contribution in [-0.2, 0) is 4.74 Å². The predicted molar refractivity (Wildman–Crippen MR) is 71.2 cm³/mol. The molecule has 1 heterocycles. The first-order valence-electron chi connectivity index (χ1n) is 6.43. The SMILES string of the molecule is CC1CN(c2cccc(F)c2[C@@H](C)N)CC(C)O1. The van der Waals surface area contributed by atoms with Crippen molar-refractivity contribution in [3.8, 4) is 0 Å². The summed E-state index contributed by atoms with van der Waals surface area (Å²) in [7, 11) is 0. The summed E-state index contributed by atoms with van der Waals surface area (Å²) in [4.78, 5) is 2.17. The molecule has 3 atom stereocenters. The van der Waals surface area contributed by atoms with Crippen molar-refractivity contribution >= 4 is 5.69 Å². The predicted octanol–water partition coefficient (Wildman–Crippen LogP) is 2.46. The summed E-state index contributed by atoms with van der Waals surface area (Å²) >= 11 is 0. The molecule has 1 aromatic rings. The van der Waals surface area contributed by atoms with Gasteiger partial charge in [-0.3, -0.25) is 0 Å². The fraction of sp³-hybridized carbons (Fsp3) is 0.571. The quantitative estimate of drug-likeness (QED) is 0.878. The van der Waals surface area contributed by atoms with Gasteiger partial charge in [-0.05, 0) is 32.9 Å². The minimum atomic E-state index is -0.311. The lowest BCUT2D eigenvalue weighted by Gasteiger charge is -2.38. The van der Waals surface area contributed by atoms with Gasteiger partial charge in [0.2, 0.25) is 0 Å². The van der Waals surface area contributed by atoms with Gasteiger partial charge in [-0.15, -0.1) is 0 Å². The minimum Gasteiger partial charge on any atom is -0.372 e. The van der Waals surface area contributed by atoms with Crippen LogP contribution in [0.5, 0.6) is 0 Å². The van der Waals surface area contributed by atoms with Crippen LogP contribution in [0.2, 0.25) is 0 Å². The number of benzene rings is 1. The number of halogens is 1. The van der Waals surface area contributed by atoms with E-state index in [0.29, 0.717) is 5.56 Å². The molecule has 2 unspecified atom stereocenters. The molecule has 0 aromatic heterocycles. The van der Waals surface area contributed by atoms with E-state index in [1.54, 1.807) is 6.07 Å². The van der Waals surface area contributed by atoms with E-state index >= 15 is 0 Å². The van der Waals surface area contributed by atoms with Crippen molar-refractivity contribution in [2.75, 3.05) is 18.0 Å². The van der Waals surface area contributed by atoms with Crippen LogP contribution in [0.1, 0.15) is 32.4 Å². The molecule has 0 bridgehead atoms. The highest BCUT2D eigenvalue weighted by molar-refractivity contribution is 5.56. The number of hydrogen-bond donors (Lipinski definition) is 1. The minimum absolute atomic E-state index is 0.151. The summed E-state index contributed by atoms with van der Waals surface area (Å²) < 4.78 is 19.6. The molecule has 1 fully saturated rings. The van der Waals surface area contributed by atoms with Gasteiger partial charge in [0.1, 0.15) is 5.82 Å². The molecular weight excluding hydrogens is 231 g/mol. The molecule has 1 aliphatic heterocycles. The van der Waals surface area contributed by atoms with E-state index in [1.165, 1.54) is 6.07 Å². The molecule has 1 aromatic carbocycles. The molecule has 0 aliphatic carbocycles. The molecule has 4 heteroatoms. The molecule has 1 saturated heterocycles. The smallest absolute Gasteiger partial charge is 0.130 e. The monoisotopic (exact) mass is 252 g/mol. The summed E-state index contributed by atoms with van der Waals surface area (Å²) in [5.41, 5.74) is 7.38. The van der Waals surface area contributed by atoms with Crippen LogP contribution in [0, 0.1) is 5.82 Å². The van der Waals surface area contributed by atoms with Gasteiger partial charge in [-0.25, -0.2) is 4.39 Å². The zero-order chi connectivity index (χ0) is 13.3. The van der Waals surface area contributed by atoms with Crippen molar-refractivity contribution in [1.29, 1.82) is 0 Å². The molecular formula is C14H21FN2O. The van der Waals surface area contributed by atoms with Crippen molar-refractivity contribution in [3.05, 3.63) is 29.6 Å². The van der Waals surface area contributed by atoms with Crippen molar-refractivity contribution < 1.29 is 9.13 Å². The highest BCUT2D eigenvalue weighted by atomic mass is 19.1. The summed E-state index contributed by atoms with van der Waals surface area (Å²) in [6.07, 6.45) is 0.302. The zero-order valence-corrected chi connectivity index (χ0v) is 11.2. The van der Waals surface area contributed by atoms with Gasteiger partial charge in [0, 0.05) is 30.4 Å². The molecule has 100 valence electrons. The molecule has 0 spiro atoms. The highest BCUT2D eigenvalue weighted by Crippen LogP contribution is 2.29. The van der Waals surface area contributed by atoms with E-state index in [-0.39, 0.29) is 24.1 Å². The molecule has 0 amide bonds. The normalized spacial score (nSPS) is 26.2. The molecule has 1 aliphatic rings. The second-order valence-corrected chi connectivity index (χ2v) is 5.12. The summed E-state index contributed by atoms with van der Waals surface area (Å²) in [5, 5.41) is 0. The van der Waals surface area contributed by atoms with Crippen LogP contribution < -0.4 is 10.6 Å². The Labute approximate surface area is 108 Å². The Balaban J connectivity index is 2.35. The van der Waals surface area contributed by atoms with Gasteiger partial charge in [0.25, 0.3) is 0 Å². The lowest BCUT2D eigenvalue weighted by Crippen LogP contribution is -2.46. The van der Waals surface area contributed by atoms with Gasteiger partial charge in [0.15, 0.2) is 0 Å². The van der Waals surface area contributed by atoms with Crippen molar-refractivity contribution in [1.82, 2.24) is 0 Å².